The van der Waals surface area contributed by atoms with Crippen molar-refractivity contribution in [3.8, 4) is 5.75 Å². The van der Waals surface area contributed by atoms with E-state index in [2.05, 4.69) is 5.10 Å². The van der Waals surface area contributed by atoms with Crippen LogP contribution in [0.25, 0.3) is 0 Å². The fourth-order valence-corrected chi connectivity index (χ4v) is 4.94. The van der Waals surface area contributed by atoms with Gasteiger partial charge in [0.15, 0.2) is 23.1 Å². The van der Waals surface area contributed by atoms with Crippen molar-refractivity contribution in [2.75, 3.05) is 6.54 Å². The van der Waals surface area contributed by atoms with E-state index in [1.165, 1.54) is 46.0 Å². The van der Waals surface area contributed by atoms with Gasteiger partial charge < -0.3 is 10.0 Å². The number of aromatic nitrogens is 2. The van der Waals surface area contributed by atoms with E-state index in [0.717, 1.165) is 12.3 Å². The van der Waals surface area contributed by atoms with Crippen molar-refractivity contribution in [1.82, 2.24) is 14.7 Å². The number of benzene rings is 2. The molecule has 2 aliphatic heterocycles. The molecule has 0 saturated carbocycles. The van der Waals surface area contributed by atoms with E-state index in [-0.39, 0.29) is 11.3 Å². The number of hydrogen-bond donors (Lipinski definition) is 1. The number of fused-ring (bicyclic) bond motifs is 2. The summed E-state index contributed by atoms with van der Waals surface area (Å²) in [5.74, 6) is -4.75. The summed E-state index contributed by atoms with van der Waals surface area (Å²) in [6, 6.07) is 7.99. The smallest absolute Gasteiger partial charge is 0.276 e. The van der Waals surface area contributed by atoms with Crippen molar-refractivity contribution in [1.29, 1.82) is 0 Å². The lowest BCUT2D eigenvalue weighted by Crippen LogP contribution is -2.51. The van der Waals surface area contributed by atoms with Crippen LogP contribution in [0.15, 0.2) is 53.5 Å². The Hall–Kier alpha value is -3.62. The molecule has 32 heavy (non-hydrogen) atoms. The van der Waals surface area contributed by atoms with Gasteiger partial charge >= 0.3 is 0 Å². The van der Waals surface area contributed by atoms with Crippen LogP contribution in [-0.4, -0.2) is 38.3 Å². The van der Waals surface area contributed by atoms with E-state index in [1.54, 1.807) is 0 Å². The van der Waals surface area contributed by atoms with Crippen LogP contribution < -0.4 is 5.43 Å². The standard InChI is InChI=1S/C23H18F3N3O3/c24-13-8-6-12(7-9-13)18(14-3-1-4-15(25)19(14)26)20-16-5-2-10-28(16)23(32)21-22(31)17(30)11-27-29(20)21/h1,3-4,6-9,11,16,18,20,31H,2,5,10H2/t16-,18-,20-/m1/s1. The molecule has 1 N–H and O–H groups in total. The fourth-order valence-electron chi connectivity index (χ4n) is 4.94. The van der Waals surface area contributed by atoms with E-state index < -0.39 is 52.5 Å². The molecular formula is C23H18F3N3O3. The summed E-state index contributed by atoms with van der Waals surface area (Å²) in [7, 11) is 0. The molecule has 3 heterocycles. The Bertz CT molecular complexity index is 1280. The van der Waals surface area contributed by atoms with Crippen LogP contribution in [0, 0.1) is 17.5 Å². The van der Waals surface area contributed by atoms with Gasteiger partial charge in [-0.1, -0.05) is 24.3 Å². The normalized spacial score (nSPS) is 20.7. The lowest BCUT2D eigenvalue weighted by atomic mass is 9.79. The van der Waals surface area contributed by atoms with Crippen molar-refractivity contribution in [2.24, 2.45) is 0 Å². The van der Waals surface area contributed by atoms with E-state index in [4.69, 9.17) is 0 Å². The molecule has 6 nitrogen and oxygen atoms in total. The summed E-state index contributed by atoms with van der Waals surface area (Å²) in [5, 5.41) is 14.5. The highest BCUT2D eigenvalue weighted by Crippen LogP contribution is 2.46. The predicted octanol–water partition coefficient (Wildman–Crippen LogP) is 3.36. The van der Waals surface area contributed by atoms with Gasteiger partial charge in [0.1, 0.15) is 5.82 Å². The van der Waals surface area contributed by atoms with Gasteiger partial charge in [0.2, 0.25) is 5.43 Å². The quantitative estimate of drug-likeness (QED) is 0.677. The molecule has 1 amide bonds. The Kier molecular flexibility index (Phi) is 4.76. The van der Waals surface area contributed by atoms with Crippen LogP contribution in [0.3, 0.4) is 0 Å². The number of aromatic hydroxyl groups is 1. The van der Waals surface area contributed by atoms with Crippen LogP contribution in [0.4, 0.5) is 13.2 Å². The largest absolute Gasteiger partial charge is 0.502 e. The molecule has 2 aromatic carbocycles. The fraction of sp³-hybridized carbons (Fsp3) is 0.261. The lowest BCUT2D eigenvalue weighted by molar-refractivity contribution is 0.0564. The van der Waals surface area contributed by atoms with Crippen LogP contribution in [0.2, 0.25) is 0 Å². The van der Waals surface area contributed by atoms with Gasteiger partial charge in [0.25, 0.3) is 5.91 Å². The summed E-state index contributed by atoms with van der Waals surface area (Å²) in [5.41, 5.74) is -0.609. The van der Waals surface area contributed by atoms with Crippen molar-refractivity contribution < 1.29 is 23.1 Å². The van der Waals surface area contributed by atoms with E-state index in [1.807, 2.05) is 0 Å². The second-order valence-electron chi connectivity index (χ2n) is 8.02. The molecule has 0 bridgehead atoms. The second-order valence-corrected chi connectivity index (χ2v) is 8.02. The molecule has 3 atom stereocenters. The van der Waals surface area contributed by atoms with Gasteiger partial charge in [-0.3, -0.25) is 14.3 Å². The monoisotopic (exact) mass is 441 g/mol. The molecule has 1 fully saturated rings. The van der Waals surface area contributed by atoms with Gasteiger partial charge in [-0.25, -0.2) is 13.2 Å². The molecule has 5 rings (SSSR count). The molecule has 3 aromatic rings. The van der Waals surface area contributed by atoms with Crippen molar-refractivity contribution in [2.45, 2.75) is 30.8 Å². The van der Waals surface area contributed by atoms with Gasteiger partial charge in [0, 0.05) is 18.0 Å². The molecule has 2 aliphatic rings. The molecule has 0 spiro atoms. The predicted molar refractivity (Wildman–Crippen MR) is 108 cm³/mol. The Morgan fingerprint density at radius 3 is 2.56 bits per heavy atom. The van der Waals surface area contributed by atoms with Crippen molar-refractivity contribution in [3.63, 3.8) is 0 Å². The van der Waals surface area contributed by atoms with E-state index in [0.29, 0.717) is 24.9 Å². The first-order valence-electron chi connectivity index (χ1n) is 10.2. The van der Waals surface area contributed by atoms with Gasteiger partial charge in [0.05, 0.1) is 18.3 Å². The van der Waals surface area contributed by atoms with Crippen LogP contribution in [0.5, 0.6) is 5.75 Å². The van der Waals surface area contributed by atoms with Gasteiger partial charge in [-0.2, -0.15) is 5.10 Å². The zero-order valence-electron chi connectivity index (χ0n) is 16.7. The van der Waals surface area contributed by atoms with Crippen LogP contribution in [-0.2, 0) is 0 Å². The Labute approximate surface area is 180 Å². The van der Waals surface area contributed by atoms with E-state index >= 15 is 4.39 Å². The molecule has 9 heteroatoms. The summed E-state index contributed by atoms with van der Waals surface area (Å²) < 4.78 is 44.2. The Morgan fingerprint density at radius 1 is 1.06 bits per heavy atom. The number of carbonyl (C=O) groups is 1. The maximum atomic E-state index is 15.1. The highest BCUT2D eigenvalue weighted by atomic mass is 19.2. The first kappa shape index (κ1) is 20.3. The summed E-state index contributed by atoms with van der Waals surface area (Å²) in [6.07, 6.45) is 2.13. The summed E-state index contributed by atoms with van der Waals surface area (Å²) in [6.45, 7) is 0.393. The average Bonchev–Trinajstić information content (AvgIpc) is 3.27. The summed E-state index contributed by atoms with van der Waals surface area (Å²) in [4.78, 5) is 26.6. The highest BCUT2D eigenvalue weighted by molar-refractivity contribution is 5.96. The number of carbonyl (C=O) groups excluding carboxylic acids is 1. The maximum absolute atomic E-state index is 15.1. The zero-order chi connectivity index (χ0) is 22.6. The molecule has 0 unspecified atom stereocenters. The first-order valence-corrected chi connectivity index (χ1v) is 10.2. The Morgan fingerprint density at radius 2 is 1.81 bits per heavy atom. The maximum Gasteiger partial charge on any atom is 0.276 e. The molecule has 0 aliphatic carbocycles. The molecule has 1 saturated heterocycles. The lowest BCUT2D eigenvalue weighted by Gasteiger charge is -2.42. The van der Waals surface area contributed by atoms with Crippen molar-refractivity contribution in [3.05, 3.63) is 93.2 Å². The topological polar surface area (TPSA) is 75.4 Å². The molecular weight excluding hydrogens is 423 g/mol. The average molecular weight is 441 g/mol. The number of rotatable bonds is 3. The van der Waals surface area contributed by atoms with Crippen LogP contribution in [0.1, 0.15) is 46.4 Å². The minimum atomic E-state index is -1.06. The number of hydrogen-bond acceptors (Lipinski definition) is 4. The minimum Gasteiger partial charge on any atom is -0.502 e. The van der Waals surface area contributed by atoms with Crippen LogP contribution >= 0.6 is 0 Å². The third-order valence-corrected chi connectivity index (χ3v) is 6.31. The van der Waals surface area contributed by atoms with Crippen molar-refractivity contribution >= 4 is 5.91 Å². The number of halogens is 3. The minimum absolute atomic E-state index is 0.00810. The van der Waals surface area contributed by atoms with Gasteiger partial charge in [-0.15, -0.1) is 0 Å². The van der Waals surface area contributed by atoms with Gasteiger partial charge in [-0.05, 0) is 36.6 Å². The third-order valence-electron chi connectivity index (χ3n) is 6.31. The molecule has 0 radical (unpaired) electrons. The number of nitrogens with zero attached hydrogens (tertiary/aromatic N) is 3. The highest BCUT2D eigenvalue weighted by Gasteiger charge is 2.48. The molecule has 1 aromatic heterocycles. The SMILES string of the molecule is O=C1c2c(O)c(=O)cnn2[C@@H]([C@H](c2ccc(F)cc2)c2cccc(F)c2F)[C@H]2CCCN12. The number of amides is 1. The first-order chi connectivity index (χ1) is 15.4. The third kappa shape index (κ3) is 2.99. The molecule has 164 valence electrons. The zero-order valence-corrected chi connectivity index (χ0v) is 16.7. The van der Waals surface area contributed by atoms with E-state index in [9.17, 15) is 23.5 Å². The second kappa shape index (κ2) is 7.51. The Balaban J connectivity index is 1.81. The summed E-state index contributed by atoms with van der Waals surface area (Å²) >= 11 is 0.